The monoisotopic (exact) mass is 428 g/mol. The normalized spacial score (nSPS) is 13.6. The minimum absolute atomic E-state index is 0.00423. The lowest BCUT2D eigenvalue weighted by Crippen LogP contribution is -2.25. The Bertz CT molecular complexity index is 738. The van der Waals surface area contributed by atoms with Gasteiger partial charge in [-0.25, -0.2) is 0 Å². The number of aliphatic hydroxyl groups excluding tert-OH is 1. The van der Waals surface area contributed by atoms with Crippen molar-refractivity contribution < 1.29 is 19.3 Å². The smallest absolute Gasteiger partial charge is 0.161 e. The van der Waals surface area contributed by atoms with E-state index in [9.17, 15) is 0 Å². The van der Waals surface area contributed by atoms with E-state index < -0.39 is 0 Å². The van der Waals surface area contributed by atoms with Crippen LogP contribution in [0, 0.1) is 0 Å². The molecule has 3 N–H and O–H groups in total. The Hall–Kier alpha value is -2.28. The van der Waals surface area contributed by atoms with Gasteiger partial charge in [-0.05, 0) is 68.5 Å². The van der Waals surface area contributed by atoms with Crippen molar-refractivity contribution in [3.05, 3.63) is 54.1 Å². The van der Waals surface area contributed by atoms with Crippen molar-refractivity contribution in [2.75, 3.05) is 44.8 Å². The van der Waals surface area contributed by atoms with Gasteiger partial charge in [0, 0.05) is 25.4 Å². The fourth-order valence-electron chi connectivity index (χ4n) is 3.31. The number of hydrogen-bond donors (Lipinski definition) is 3. The summed E-state index contributed by atoms with van der Waals surface area (Å²) in [7, 11) is 0. The van der Waals surface area contributed by atoms with E-state index in [0.717, 1.165) is 74.7 Å². The van der Waals surface area contributed by atoms with Gasteiger partial charge >= 0.3 is 0 Å². The van der Waals surface area contributed by atoms with Gasteiger partial charge in [-0.15, -0.1) is 0 Å². The summed E-state index contributed by atoms with van der Waals surface area (Å²) in [5.74, 6) is 1.50. The van der Waals surface area contributed by atoms with Crippen LogP contribution < -0.4 is 20.1 Å². The van der Waals surface area contributed by atoms with Crippen molar-refractivity contribution in [2.24, 2.45) is 0 Å². The van der Waals surface area contributed by atoms with Crippen molar-refractivity contribution in [1.82, 2.24) is 5.32 Å². The average molecular weight is 429 g/mol. The molecule has 0 heterocycles. The van der Waals surface area contributed by atoms with Crippen molar-refractivity contribution in [1.29, 1.82) is 0 Å². The lowest BCUT2D eigenvalue weighted by atomic mass is 9.96. The SMILES string of the molecule is OCCOc1cc(CNCCCCOCCNc2ccccc2)ccc1OC1CCC1. The largest absolute Gasteiger partial charge is 0.487 e. The molecule has 31 heavy (non-hydrogen) atoms. The maximum atomic E-state index is 9.08. The number of para-hydroxylation sites is 1. The maximum absolute atomic E-state index is 9.08. The second-order valence-electron chi connectivity index (χ2n) is 7.81. The number of ether oxygens (including phenoxy) is 3. The molecule has 6 heteroatoms. The zero-order valence-electron chi connectivity index (χ0n) is 18.4. The lowest BCUT2D eigenvalue weighted by molar-refractivity contribution is 0.112. The van der Waals surface area contributed by atoms with E-state index >= 15 is 0 Å². The van der Waals surface area contributed by atoms with Crippen LogP contribution in [-0.4, -0.2) is 50.7 Å². The van der Waals surface area contributed by atoms with Crippen molar-refractivity contribution in [2.45, 2.75) is 44.8 Å². The standard InChI is InChI=1S/C25H36N2O4/c28-15-18-30-25-19-21(11-12-24(25)31-23-9-6-10-23)20-26-13-4-5-16-29-17-14-27-22-7-2-1-3-8-22/h1-3,7-8,11-12,19,23,26-28H,4-6,9-10,13-18,20H2. The molecule has 1 saturated carbocycles. The summed E-state index contributed by atoms with van der Waals surface area (Å²) >= 11 is 0. The minimum Gasteiger partial charge on any atom is -0.487 e. The zero-order chi connectivity index (χ0) is 21.6. The fraction of sp³-hybridized carbons (Fsp3) is 0.520. The van der Waals surface area contributed by atoms with Crippen LogP contribution in [0.1, 0.15) is 37.7 Å². The van der Waals surface area contributed by atoms with E-state index in [2.05, 4.69) is 28.8 Å². The summed E-state index contributed by atoms with van der Waals surface area (Å²) in [4.78, 5) is 0. The first-order chi connectivity index (χ1) is 15.3. The van der Waals surface area contributed by atoms with Gasteiger partial charge in [0.2, 0.25) is 0 Å². The molecule has 0 radical (unpaired) electrons. The number of aliphatic hydroxyl groups is 1. The Balaban J connectivity index is 1.25. The maximum Gasteiger partial charge on any atom is 0.161 e. The second-order valence-corrected chi connectivity index (χ2v) is 7.81. The number of anilines is 1. The summed E-state index contributed by atoms with van der Waals surface area (Å²) in [6.07, 6.45) is 5.86. The van der Waals surface area contributed by atoms with Crippen LogP contribution in [0.25, 0.3) is 0 Å². The highest BCUT2D eigenvalue weighted by molar-refractivity contribution is 5.43. The van der Waals surface area contributed by atoms with Crippen LogP contribution in [0.2, 0.25) is 0 Å². The van der Waals surface area contributed by atoms with Gasteiger partial charge in [-0.1, -0.05) is 24.3 Å². The third-order valence-electron chi connectivity index (χ3n) is 5.27. The van der Waals surface area contributed by atoms with Crippen LogP contribution in [0.3, 0.4) is 0 Å². The molecule has 170 valence electrons. The van der Waals surface area contributed by atoms with Crippen LogP contribution in [0.5, 0.6) is 11.5 Å². The Labute approximate surface area is 185 Å². The van der Waals surface area contributed by atoms with Gasteiger partial charge in [-0.3, -0.25) is 0 Å². The molecule has 6 nitrogen and oxygen atoms in total. The van der Waals surface area contributed by atoms with Crippen LogP contribution in [0.15, 0.2) is 48.5 Å². The highest BCUT2D eigenvalue weighted by Gasteiger charge is 2.21. The predicted molar refractivity (Wildman–Crippen MR) is 124 cm³/mol. The Morgan fingerprint density at radius 1 is 0.903 bits per heavy atom. The summed E-state index contributed by atoms with van der Waals surface area (Å²) in [5.41, 5.74) is 2.28. The summed E-state index contributed by atoms with van der Waals surface area (Å²) < 4.78 is 17.4. The molecule has 0 spiro atoms. The molecule has 1 aliphatic carbocycles. The molecule has 1 fully saturated rings. The molecule has 0 unspecified atom stereocenters. The molecule has 2 aromatic carbocycles. The zero-order valence-corrected chi connectivity index (χ0v) is 18.4. The second kappa shape index (κ2) is 13.9. The predicted octanol–water partition coefficient (Wildman–Crippen LogP) is 3.99. The van der Waals surface area contributed by atoms with Gasteiger partial charge < -0.3 is 30.0 Å². The van der Waals surface area contributed by atoms with Crippen molar-refractivity contribution in [3.63, 3.8) is 0 Å². The fourth-order valence-corrected chi connectivity index (χ4v) is 3.31. The van der Waals surface area contributed by atoms with Crippen LogP contribution >= 0.6 is 0 Å². The molecule has 3 rings (SSSR count). The molecule has 2 aromatic rings. The number of unbranched alkanes of at least 4 members (excludes halogenated alkanes) is 1. The first-order valence-corrected chi connectivity index (χ1v) is 11.5. The number of nitrogens with one attached hydrogen (secondary N) is 2. The quantitative estimate of drug-likeness (QED) is 0.351. The molecule has 0 aromatic heterocycles. The molecular formula is C25H36N2O4. The van der Waals surface area contributed by atoms with E-state index in [1.807, 2.05) is 30.3 Å². The summed E-state index contributed by atoms with van der Waals surface area (Å²) in [5, 5.41) is 15.9. The Kier molecular flexibility index (Phi) is 10.5. The van der Waals surface area contributed by atoms with Gasteiger partial charge in [0.1, 0.15) is 6.61 Å². The van der Waals surface area contributed by atoms with Gasteiger partial charge in [0.25, 0.3) is 0 Å². The van der Waals surface area contributed by atoms with Crippen LogP contribution in [-0.2, 0) is 11.3 Å². The van der Waals surface area contributed by atoms with E-state index in [4.69, 9.17) is 19.3 Å². The van der Waals surface area contributed by atoms with E-state index in [1.165, 1.54) is 6.42 Å². The van der Waals surface area contributed by atoms with Crippen molar-refractivity contribution in [3.8, 4) is 11.5 Å². The Morgan fingerprint density at radius 2 is 1.77 bits per heavy atom. The molecule has 0 bridgehead atoms. The molecule has 0 atom stereocenters. The molecule has 1 aliphatic rings. The van der Waals surface area contributed by atoms with Crippen molar-refractivity contribution >= 4 is 5.69 Å². The summed E-state index contributed by atoms with van der Waals surface area (Å²) in [6.45, 7) is 4.32. The highest BCUT2D eigenvalue weighted by Crippen LogP contribution is 2.33. The van der Waals surface area contributed by atoms with Gasteiger partial charge in [-0.2, -0.15) is 0 Å². The highest BCUT2D eigenvalue weighted by atomic mass is 16.5. The number of benzene rings is 2. The Morgan fingerprint density at radius 3 is 2.55 bits per heavy atom. The van der Waals surface area contributed by atoms with E-state index in [0.29, 0.717) is 12.7 Å². The van der Waals surface area contributed by atoms with Gasteiger partial charge in [0.05, 0.1) is 19.3 Å². The lowest BCUT2D eigenvalue weighted by Gasteiger charge is -2.27. The van der Waals surface area contributed by atoms with E-state index in [-0.39, 0.29) is 13.2 Å². The molecule has 0 saturated heterocycles. The first-order valence-electron chi connectivity index (χ1n) is 11.5. The molecular weight excluding hydrogens is 392 g/mol. The average Bonchev–Trinajstić information content (AvgIpc) is 2.77. The number of hydrogen-bond acceptors (Lipinski definition) is 6. The molecule has 0 aliphatic heterocycles. The third-order valence-corrected chi connectivity index (χ3v) is 5.27. The first kappa shape index (κ1) is 23.4. The van der Waals surface area contributed by atoms with E-state index in [1.54, 1.807) is 0 Å². The molecule has 0 amide bonds. The summed E-state index contributed by atoms with van der Waals surface area (Å²) in [6, 6.07) is 16.3. The number of rotatable bonds is 16. The van der Waals surface area contributed by atoms with Crippen LogP contribution in [0.4, 0.5) is 5.69 Å². The third kappa shape index (κ3) is 8.77. The topological polar surface area (TPSA) is 72.0 Å². The van der Waals surface area contributed by atoms with Gasteiger partial charge in [0.15, 0.2) is 11.5 Å². The minimum atomic E-state index is -0.00423.